The number of alkyl halides is 3. The number of hydrogen-bond donors (Lipinski definition) is 1. The Bertz CT molecular complexity index is 1420. The summed E-state index contributed by atoms with van der Waals surface area (Å²) in [7, 11) is 0. The molecule has 43 heavy (non-hydrogen) atoms. The molecule has 4 aliphatic rings. The van der Waals surface area contributed by atoms with Gasteiger partial charge in [-0.2, -0.15) is 13.2 Å². The van der Waals surface area contributed by atoms with Gasteiger partial charge in [0.25, 0.3) is 0 Å². The molecule has 5 heterocycles. The Morgan fingerprint density at radius 3 is 2.49 bits per heavy atom. The van der Waals surface area contributed by atoms with Crippen molar-refractivity contribution in [3.05, 3.63) is 77.6 Å². The molecule has 2 aromatic rings. The first-order chi connectivity index (χ1) is 20.5. The Labute approximate surface area is 245 Å². The standard InChI is InChI=1S/C23H26F3N5O3.C7H6F2/c24-23(25,26)13-16-14-28-20-15(4-1-2-9-31(16)20)12-18(32)30-10-6-22(7-11-30)17-5-3-8-27-19(17)29-21(33)34-22;8-6-4-2-1-3-5-7(6)9/h3,5,8,14-15H,1-2,4,6-7,9-13H2,(H,27,29,33);2-5H,1H2. The first kappa shape index (κ1) is 30.4. The van der Waals surface area contributed by atoms with Crippen molar-refractivity contribution in [2.75, 3.05) is 18.4 Å². The molecule has 1 spiro atoms. The highest BCUT2D eigenvalue weighted by Gasteiger charge is 2.46. The zero-order valence-corrected chi connectivity index (χ0v) is 23.4. The van der Waals surface area contributed by atoms with Crippen molar-refractivity contribution < 1.29 is 36.3 Å². The average molecular weight is 606 g/mol. The van der Waals surface area contributed by atoms with Crippen LogP contribution in [0.25, 0.3) is 0 Å². The van der Waals surface area contributed by atoms with E-state index in [2.05, 4.69) is 15.3 Å². The van der Waals surface area contributed by atoms with Gasteiger partial charge >= 0.3 is 12.3 Å². The number of pyridine rings is 1. The molecule has 0 bridgehead atoms. The molecule has 1 saturated heterocycles. The molecule has 13 heteroatoms. The highest BCUT2D eigenvalue weighted by Crippen LogP contribution is 2.43. The number of carbonyl (C=O) groups excluding carboxylic acids is 2. The Balaban J connectivity index is 0.000000351. The van der Waals surface area contributed by atoms with Gasteiger partial charge in [-0.15, -0.1) is 0 Å². The van der Waals surface area contributed by atoms with E-state index < -0.39 is 35.9 Å². The third-order valence-electron chi connectivity index (χ3n) is 8.08. The maximum atomic E-state index is 13.2. The van der Waals surface area contributed by atoms with Gasteiger partial charge in [0.2, 0.25) is 5.91 Å². The van der Waals surface area contributed by atoms with Crippen LogP contribution in [0.2, 0.25) is 0 Å². The lowest BCUT2D eigenvalue weighted by atomic mass is 9.83. The van der Waals surface area contributed by atoms with Crippen molar-refractivity contribution in [3.63, 3.8) is 0 Å². The van der Waals surface area contributed by atoms with E-state index in [0.717, 1.165) is 30.6 Å². The van der Waals surface area contributed by atoms with E-state index in [-0.39, 0.29) is 23.9 Å². The summed E-state index contributed by atoms with van der Waals surface area (Å²) in [5, 5.41) is 2.62. The number of aromatic nitrogens is 3. The summed E-state index contributed by atoms with van der Waals surface area (Å²) in [6.45, 7) is 1.33. The third kappa shape index (κ3) is 7.14. The van der Waals surface area contributed by atoms with Crippen LogP contribution in [0.4, 0.5) is 32.6 Å². The Kier molecular flexibility index (Phi) is 8.97. The van der Waals surface area contributed by atoms with Crippen molar-refractivity contribution >= 4 is 17.8 Å². The zero-order chi connectivity index (χ0) is 30.6. The first-order valence-corrected chi connectivity index (χ1v) is 14.3. The lowest BCUT2D eigenvalue weighted by Gasteiger charge is -2.43. The van der Waals surface area contributed by atoms with Crippen molar-refractivity contribution in [2.24, 2.45) is 0 Å². The van der Waals surface area contributed by atoms with E-state index in [1.165, 1.54) is 6.20 Å². The highest BCUT2D eigenvalue weighted by atomic mass is 19.4. The summed E-state index contributed by atoms with van der Waals surface area (Å²) in [4.78, 5) is 35.6. The molecule has 0 radical (unpaired) electrons. The van der Waals surface area contributed by atoms with Crippen LogP contribution in [0.5, 0.6) is 0 Å². The number of fused-ring (bicyclic) bond motifs is 3. The lowest BCUT2D eigenvalue weighted by molar-refractivity contribution is -0.136. The van der Waals surface area contributed by atoms with Crippen LogP contribution in [0.15, 0.2) is 60.5 Å². The van der Waals surface area contributed by atoms with Gasteiger partial charge in [-0.05, 0) is 43.5 Å². The van der Waals surface area contributed by atoms with Gasteiger partial charge in [0.1, 0.15) is 17.2 Å². The van der Waals surface area contributed by atoms with Gasteiger partial charge in [-0.1, -0.05) is 18.6 Å². The fourth-order valence-corrected chi connectivity index (χ4v) is 5.98. The predicted molar refractivity (Wildman–Crippen MR) is 147 cm³/mol. The van der Waals surface area contributed by atoms with E-state index in [1.807, 2.05) is 6.07 Å². The maximum Gasteiger partial charge on any atom is 0.413 e. The maximum absolute atomic E-state index is 13.2. The zero-order valence-electron chi connectivity index (χ0n) is 23.4. The molecule has 1 aliphatic carbocycles. The number of anilines is 1. The summed E-state index contributed by atoms with van der Waals surface area (Å²) >= 11 is 0. The molecule has 3 aliphatic heterocycles. The number of imidazole rings is 1. The van der Waals surface area contributed by atoms with E-state index in [4.69, 9.17) is 4.74 Å². The SMILES string of the molecule is FC1=C(F)C=CCC=C1.O=C1Nc2ncccc2C2(CCN(C(=O)CC3CCCCn4c(CC(F)(F)F)cnc43)CC2)O1. The van der Waals surface area contributed by atoms with Crippen molar-refractivity contribution in [1.82, 2.24) is 19.4 Å². The summed E-state index contributed by atoms with van der Waals surface area (Å²) < 4.78 is 70.7. The second-order valence-corrected chi connectivity index (χ2v) is 11.0. The summed E-state index contributed by atoms with van der Waals surface area (Å²) in [6.07, 6.45) is 6.47. The molecule has 1 fully saturated rings. The summed E-state index contributed by atoms with van der Waals surface area (Å²) in [5.74, 6) is -0.785. The monoisotopic (exact) mass is 605 g/mol. The number of nitrogens with one attached hydrogen (secondary N) is 1. The Morgan fingerprint density at radius 1 is 1.07 bits per heavy atom. The first-order valence-electron chi connectivity index (χ1n) is 14.3. The van der Waals surface area contributed by atoms with Crippen LogP contribution in [0.1, 0.15) is 67.9 Å². The quantitative estimate of drug-likeness (QED) is 0.390. The van der Waals surface area contributed by atoms with Crippen molar-refractivity contribution in [3.8, 4) is 0 Å². The van der Waals surface area contributed by atoms with Gasteiger partial charge < -0.3 is 14.2 Å². The van der Waals surface area contributed by atoms with E-state index in [9.17, 15) is 31.5 Å². The minimum atomic E-state index is -4.30. The molecule has 1 unspecified atom stereocenters. The highest BCUT2D eigenvalue weighted by molar-refractivity contribution is 5.87. The number of ether oxygens (including phenoxy) is 1. The smallest absolute Gasteiger partial charge is 0.413 e. The third-order valence-corrected chi connectivity index (χ3v) is 8.08. The van der Waals surface area contributed by atoms with Crippen molar-refractivity contribution in [2.45, 2.75) is 75.6 Å². The normalized spacial score (nSPS) is 21.1. The molecule has 0 aromatic carbocycles. The van der Waals surface area contributed by atoms with Crippen molar-refractivity contribution in [1.29, 1.82) is 0 Å². The van der Waals surface area contributed by atoms with Crippen LogP contribution in [0.3, 0.4) is 0 Å². The number of halogens is 5. The largest absolute Gasteiger partial charge is 0.437 e. The predicted octanol–water partition coefficient (Wildman–Crippen LogP) is 6.77. The van der Waals surface area contributed by atoms with Gasteiger partial charge in [0.05, 0.1) is 6.42 Å². The molecule has 230 valence electrons. The van der Waals surface area contributed by atoms with E-state index in [0.29, 0.717) is 57.0 Å². The minimum absolute atomic E-state index is 0.0552. The second kappa shape index (κ2) is 12.7. The molecule has 2 aromatic heterocycles. The van der Waals surface area contributed by atoms with Gasteiger partial charge in [-0.3, -0.25) is 10.1 Å². The second-order valence-electron chi connectivity index (χ2n) is 11.0. The van der Waals surface area contributed by atoms with E-state index >= 15 is 0 Å². The molecule has 2 amide bonds. The Hall–Kier alpha value is -4.03. The average Bonchev–Trinajstić information content (AvgIpc) is 3.09. The van der Waals surface area contributed by atoms with Gasteiger partial charge in [0, 0.05) is 68.5 Å². The van der Waals surface area contributed by atoms with Crippen LogP contribution in [-0.4, -0.2) is 50.7 Å². The molecule has 6 rings (SSSR count). The number of rotatable bonds is 3. The number of carbonyl (C=O) groups is 2. The fourth-order valence-electron chi connectivity index (χ4n) is 5.98. The minimum Gasteiger partial charge on any atom is -0.437 e. The van der Waals surface area contributed by atoms with Crippen LogP contribution < -0.4 is 5.32 Å². The van der Waals surface area contributed by atoms with Crippen LogP contribution in [0, 0.1) is 0 Å². The molecular weight excluding hydrogens is 573 g/mol. The molecule has 0 saturated carbocycles. The number of nitrogens with zero attached hydrogens (tertiary/aromatic N) is 4. The fraction of sp³-hybridized carbons (Fsp3) is 0.467. The molecular formula is C30H32F5N5O3. The van der Waals surface area contributed by atoms with Crippen LogP contribution in [-0.2, 0) is 28.1 Å². The topological polar surface area (TPSA) is 89.4 Å². The number of piperidine rings is 1. The number of hydrogen-bond acceptors (Lipinski definition) is 5. The lowest BCUT2D eigenvalue weighted by Crippen LogP contribution is -2.50. The number of likely N-dealkylation sites (tertiary alicyclic amines) is 1. The molecule has 1 N–H and O–H groups in total. The summed E-state index contributed by atoms with van der Waals surface area (Å²) in [5.41, 5.74) is 0.153. The summed E-state index contributed by atoms with van der Waals surface area (Å²) in [6, 6.07) is 3.67. The number of amides is 2. The van der Waals surface area contributed by atoms with Gasteiger partial charge in [0.15, 0.2) is 11.7 Å². The Morgan fingerprint density at radius 2 is 1.79 bits per heavy atom. The number of allylic oxidation sites excluding steroid dienone is 6. The molecule has 8 nitrogen and oxygen atoms in total. The van der Waals surface area contributed by atoms with E-state index in [1.54, 1.807) is 33.9 Å². The molecule has 1 atom stereocenters. The van der Waals surface area contributed by atoms with Gasteiger partial charge in [-0.25, -0.2) is 23.5 Å². The van der Waals surface area contributed by atoms with Crippen LogP contribution >= 0.6 is 0 Å².